The Bertz CT molecular complexity index is 270. The number of hydrogen-bond acceptors (Lipinski definition) is 5. The molecule has 0 saturated carbocycles. The molecule has 0 bridgehead atoms. The van der Waals surface area contributed by atoms with Crippen molar-refractivity contribution in [3.8, 4) is 0 Å². The molecule has 6 heteroatoms. The minimum absolute atomic E-state index is 0.353. The lowest BCUT2D eigenvalue weighted by atomic mass is 10.2. The number of methoxy groups -OCH3 is 1. The highest BCUT2D eigenvalue weighted by molar-refractivity contribution is 6.36. The largest absolute Gasteiger partial charge is 0.463 e. The summed E-state index contributed by atoms with van der Waals surface area (Å²) >= 11 is 0. The normalized spacial score (nSPS) is 15.9. The Labute approximate surface area is 87.1 Å². The van der Waals surface area contributed by atoms with Gasteiger partial charge in [-0.2, -0.15) is 0 Å². The van der Waals surface area contributed by atoms with Crippen LogP contribution >= 0.6 is 0 Å². The maximum Gasteiger partial charge on any atom is 0.374 e. The molecule has 0 spiro atoms. The third-order valence-electron chi connectivity index (χ3n) is 2.09. The highest BCUT2D eigenvalue weighted by Gasteiger charge is 2.23. The number of hydrogen-bond donors (Lipinski definition) is 0. The van der Waals surface area contributed by atoms with Crippen LogP contribution in [0.3, 0.4) is 0 Å². The summed E-state index contributed by atoms with van der Waals surface area (Å²) in [6.07, 6.45) is -0.424. The molecule has 1 heterocycles. The van der Waals surface area contributed by atoms with E-state index >= 15 is 0 Å². The maximum absolute atomic E-state index is 11.5. The summed E-state index contributed by atoms with van der Waals surface area (Å²) in [6, 6.07) is 0. The fourth-order valence-electron chi connectivity index (χ4n) is 1.25. The summed E-state index contributed by atoms with van der Waals surface area (Å²) in [5, 5.41) is 0. The van der Waals surface area contributed by atoms with E-state index < -0.39 is 18.2 Å². The van der Waals surface area contributed by atoms with E-state index in [1.165, 1.54) is 4.90 Å². The zero-order valence-corrected chi connectivity index (χ0v) is 8.52. The van der Waals surface area contributed by atoms with Crippen LogP contribution in [0.5, 0.6) is 0 Å². The SMILES string of the molecule is COC(=O)C(=O)CC(=O)N1CCOCC1. The van der Waals surface area contributed by atoms with Crippen molar-refractivity contribution in [1.29, 1.82) is 0 Å². The first-order valence-corrected chi connectivity index (χ1v) is 4.62. The van der Waals surface area contributed by atoms with Gasteiger partial charge in [-0.15, -0.1) is 0 Å². The first-order valence-electron chi connectivity index (χ1n) is 4.62. The number of carbonyl (C=O) groups excluding carboxylic acids is 3. The Morgan fingerprint density at radius 2 is 1.87 bits per heavy atom. The second-order valence-corrected chi connectivity index (χ2v) is 3.08. The molecule has 1 aliphatic rings. The Balaban J connectivity index is 2.40. The quantitative estimate of drug-likeness (QED) is 0.342. The fourth-order valence-corrected chi connectivity index (χ4v) is 1.25. The van der Waals surface area contributed by atoms with Crippen LogP contribution in [0.1, 0.15) is 6.42 Å². The molecule has 0 aromatic carbocycles. The Morgan fingerprint density at radius 3 is 2.40 bits per heavy atom. The number of nitrogens with zero attached hydrogens (tertiary/aromatic N) is 1. The smallest absolute Gasteiger partial charge is 0.374 e. The molecule has 1 saturated heterocycles. The highest BCUT2D eigenvalue weighted by atomic mass is 16.5. The van der Waals surface area contributed by atoms with Gasteiger partial charge in [-0.3, -0.25) is 9.59 Å². The van der Waals surface area contributed by atoms with Gasteiger partial charge in [0.1, 0.15) is 0 Å². The number of rotatable bonds is 3. The summed E-state index contributed by atoms with van der Waals surface area (Å²) in [7, 11) is 1.11. The van der Waals surface area contributed by atoms with Crippen molar-refractivity contribution in [2.45, 2.75) is 6.42 Å². The molecular formula is C9H13NO5. The van der Waals surface area contributed by atoms with Crippen LogP contribution in [0.2, 0.25) is 0 Å². The predicted octanol–water partition coefficient (Wildman–Crippen LogP) is -1.02. The monoisotopic (exact) mass is 215 g/mol. The first-order chi connectivity index (χ1) is 7.15. The molecule has 0 aromatic rings. The van der Waals surface area contributed by atoms with Crippen molar-refractivity contribution in [3.05, 3.63) is 0 Å². The molecule has 0 N–H and O–H groups in total. The Morgan fingerprint density at radius 1 is 1.27 bits per heavy atom. The first kappa shape index (κ1) is 11.6. The zero-order chi connectivity index (χ0) is 11.3. The number of esters is 1. The zero-order valence-electron chi connectivity index (χ0n) is 8.52. The van der Waals surface area contributed by atoms with Crippen molar-refractivity contribution in [2.24, 2.45) is 0 Å². The molecule has 0 unspecified atom stereocenters. The van der Waals surface area contributed by atoms with Crippen molar-refractivity contribution < 1.29 is 23.9 Å². The molecule has 1 aliphatic heterocycles. The standard InChI is InChI=1S/C9H13NO5/c1-14-9(13)7(11)6-8(12)10-2-4-15-5-3-10/h2-6H2,1H3. The van der Waals surface area contributed by atoms with Gasteiger partial charge in [-0.25, -0.2) is 4.79 Å². The number of morpholine rings is 1. The van der Waals surface area contributed by atoms with E-state index in [-0.39, 0.29) is 5.91 Å². The highest BCUT2D eigenvalue weighted by Crippen LogP contribution is 2.01. The summed E-state index contributed by atoms with van der Waals surface area (Å²) in [5.74, 6) is -2.14. The average Bonchev–Trinajstić information content (AvgIpc) is 2.29. The van der Waals surface area contributed by atoms with E-state index in [4.69, 9.17) is 4.74 Å². The maximum atomic E-state index is 11.5. The average molecular weight is 215 g/mol. The predicted molar refractivity (Wildman–Crippen MR) is 49.0 cm³/mol. The summed E-state index contributed by atoms with van der Waals surface area (Å²) < 4.78 is 9.27. The summed E-state index contributed by atoms with van der Waals surface area (Å²) in [4.78, 5) is 34.8. The van der Waals surface area contributed by atoms with Gasteiger partial charge in [0.15, 0.2) is 0 Å². The summed E-state index contributed by atoms with van der Waals surface area (Å²) in [5.41, 5.74) is 0. The van der Waals surface area contributed by atoms with E-state index in [0.29, 0.717) is 26.3 Å². The van der Waals surface area contributed by atoms with Gasteiger partial charge in [0, 0.05) is 13.1 Å². The third kappa shape index (κ3) is 3.32. The third-order valence-corrected chi connectivity index (χ3v) is 2.09. The number of ether oxygens (including phenoxy) is 2. The second-order valence-electron chi connectivity index (χ2n) is 3.08. The molecule has 1 amide bonds. The molecule has 84 valence electrons. The second kappa shape index (κ2) is 5.45. The van der Waals surface area contributed by atoms with Gasteiger partial charge in [-0.05, 0) is 0 Å². The van der Waals surface area contributed by atoms with Crippen molar-refractivity contribution in [1.82, 2.24) is 4.90 Å². The molecule has 15 heavy (non-hydrogen) atoms. The van der Waals surface area contributed by atoms with E-state index in [0.717, 1.165) is 7.11 Å². The molecular weight excluding hydrogens is 202 g/mol. The van der Waals surface area contributed by atoms with E-state index in [1.807, 2.05) is 0 Å². The minimum atomic E-state index is -0.975. The fraction of sp³-hybridized carbons (Fsp3) is 0.667. The minimum Gasteiger partial charge on any atom is -0.463 e. The molecule has 0 radical (unpaired) electrons. The van der Waals surface area contributed by atoms with Crippen LogP contribution in [-0.2, 0) is 23.9 Å². The number of amides is 1. The van der Waals surface area contributed by atoms with Gasteiger partial charge < -0.3 is 14.4 Å². The van der Waals surface area contributed by atoms with Gasteiger partial charge in [0.05, 0.1) is 26.7 Å². The molecule has 6 nitrogen and oxygen atoms in total. The van der Waals surface area contributed by atoms with Crippen LogP contribution in [0, 0.1) is 0 Å². The van der Waals surface area contributed by atoms with Crippen LogP contribution in [-0.4, -0.2) is 56.0 Å². The summed E-state index contributed by atoms with van der Waals surface area (Å²) in [6.45, 7) is 1.87. The van der Waals surface area contributed by atoms with Gasteiger partial charge in [-0.1, -0.05) is 0 Å². The topological polar surface area (TPSA) is 72.9 Å². The Hall–Kier alpha value is -1.43. The van der Waals surface area contributed by atoms with Crippen LogP contribution < -0.4 is 0 Å². The number of carbonyl (C=O) groups is 3. The van der Waals surface area contributed by atoms with Gasteiger partial charge >= 0.3 is 5.97 Å². The number of ketones is 1. The van der Waals surface area contributed by atoms with Crippen molar-refractivity contribution in [2.75, 3.05) is 33.4 Å². The van der Waals surface area contributed by atoms with E-state index in [2.05, 4.69) is 4.74 Å². The van der Waals surface area contributed by atoms with E-state index in [9.17, 15) is 14.4 Å². The van der Waals surface area contributed by atoms with Gasteiger partial charge in [0.2, 0.25) is 11.7 Å². The number of Topliss-reactive ketones (excluding diaryl/α,β-unsaturated/α-hetero) is 1. The van der Waals surface area contributed by atoms with Crippen LogP contribution in [0.4, 0.5) is 0 Å². The lowest BCUT2D eigenvalue weighted by Crippen LogP contribution is -2.42. The Kier molecular flexibility index (Phi) is 4.23. The lowest BCUT2D eigenvalue weighted by Gasteiger charge is -2.26. The molecule has 0 aliphatic carbocycles. The molecule has 0 atom stereocenters. The van der Waals surface area contributed by atoms with Crippen molar-refractivity contribution in [3.63, 3.8) is 0 Å². The van der Waals surface area contributed by atoms with Crippen LogP contribution in [0.25, 0.3) is 0 Å². The molecule has 1 fully saturated rings. The molecule has 0 aromatic heterocycles. The molecule has 1 rings (SSSR count). The van der Waals surface area contributed by atoms with Gasteiger partial charge in [0.25, 0.3) is 0 Å². The van der Waals surface area contributed by atoms with Crippen LogP contribution in [0.15, 0.2) is 0 Å². The van der Waals surface area contributed by atoms with Crippen molar-refractivity contribution >= 4 is 17.7 Å². The van der Waals surface area contributed by atoms with E-state index in [1.54, 1.807) is 0 Å². The lowest BCUT2D eigenvalue weighted by molar-refractivity contribution is -0.154.